The Labute approximate surface area is 239 Å². The number of aryl methyl sites for hydroxylation is 1. The van der Waals surface area contributed by atoms with Crippen molar-refractivity contribution in [3.05, 3.63) is 47.0 Å². The maximum Gasteiger partial charge on any atom is 0.417 e. The van der Waals surface area contributed by atoms with E-state index in [0.29, 0.717) is 18.7 Å². The summed E-state index contributed by atoms with van der Waals surface area (Å²) in [5, 5.41) is 2.42. The third-order valence-electron chi connectivity index (χ3n) is 7.66. The van der Waals surface area contributed by atoms with Gasteiger partial charge in [-0.25, -0.2) is 9.59 Å². The van der Waals surface area contributed by atoms with Gasteiger partial charge in [0.05, 0.1) is 5.56 Å². The highest BCUT2D eigenvalue weighted by Gasteiger charge is 2.46. The van der Waals surface area contributed by atoms with Crippen LogP contribution >= 0.6 is 0 Å². The van der Waals surface area contributed by atoms with E-state index in [0.717, 1.165) is 48.7 Å². The van der Waals surface area contributed by atoms with Crippen molar-refractivity contribution >= 4 is 23.6 Å². The highest BCUT2D eigenvalue weighted by atomic mass is 19.4. The summed E-state index contributed by atoms with van der Waals surface area (Å²) in [5.41, 5.74) is 1.42. The van der Waals surface area contributed by atoms with Crippen LogP contribution in [0.5, 0.6) is 0 Å². The smallest absolute Gasteiger partial charge is 0.417 e. The molecule has 0 unspecified atom stereocenters. The Morgan fingerprint density at radius 2 is 1.66 bits per heavy atom. The standard InChI is InChI=1S/C31H38F3N3O4/c1-29(2,3)40-27(38)35-20-9-10-21(24(16-20)31(32,33)34)19-14-18-8-7-12-37-25-11-13-36(28(39)41-30(4,5)6)17-23(25)22(15-19)26(18)37/h9-10,14-16,23,25H,7-8,11-13,17H2,1-6H3,(H,35,38)/t23-,25-/m0/s1. The van der Waals surface area contributed by atoms with Crippen LogP contribution in [0.25, 0.3) is 11.1 Å². The predicted molar refractivity (Wildman–Crippen MR) is 151 cm³/mol. The third kappa shape index (κ3) is 6.11. The van der Waals surface area contributed by atoms with Gasteiger partial charge in [0.15, 0.2) is 0 Å². The van der Waals surface area contributed by atoms with Crippen molar-refractivity contribution in [2.45, 2.75) is 90.1 Å². The zero-order chi connectivity index (χ0) is 29.9. The van der Waals surface area contributed by atoms with Crippen LogP contribution in [0.1, 0.15) is 77.0 Å². The van der Waals surface area contributed by atoms with Gasteiger partial charge in [-0.15, -0.1) is 0 Å². The summed E-state index contributed by atoms with van der Waals surface area (Å²) in [4.78, 5) is 29.2. The van der Waals surface area contributed by atoms with Crippen LogP contribution in [0.3, 0.4) is 0 Å². The fourth-order valence-electron chi connectivity index (χ4n) is 6.22. The number of fused-ring (bicyclic) bond motifs is 3. The topological polar surface area (TPSA) is 71.1 Å². The Bertz CT molecular complexity index is 1360. The average Bonchev–Trinajstić information content (AvgIpc) is 3.15. The molecule has 1 N–H and O–H groups in total. The van der Waals surface area contributed by atoms with Crippen molar-refractivity contribution < 1.29 is 32.2 Å². The van der Waals surface area contributed by atoms with Crippen LogP contribution in [-0.4, -0.2) is 54.0 Å². The largest absolute Gasteiger partial charge is 0.444 e. The lowest BCUT2D eigenvalue weighted by atomic mass is 9.86. The normalized spacial score (nSPS) is 20.3. The second kappa shape index (κ2) is 10.1. The van der Waals surface area contributed by atoms with Gasteiger partial charge in [0.2, 0.25) is 0 Å². The fraction of sp³-hybridized carbons (Fsp3) is 0.548. The third-order valence-corrected chi connectivity index (χ3v) is 7.66. The number of hydrogen-bond donors (Lipinski definition) is 1. The van der Waals surface area contributed by atoms with Crippen molar-refractivity contribution in [3.63, 3.8) is 0 Å². The summed E-state index contributed by atoms with van der Waals surface area (Å²) in [7, 11) is 0. The minimum atomic E-state index is -4.65. The van der Waals surface area contributed by atoms with E-state index < -0.39 is 29.0 Å². The molecule has 0 aromatic heterocycles. The van der Waals surface area contributed by atoms with E-state index in [1.807, 2.05) is 32.9 Å². The number of likely N-dealkylation sites (tertiary alicyclic amines) is 1. The number of carbonyl (C=O) groups is 2. The highest BCUT2D eigenvalue weighted by Crippen LogP contribution is 2.51. The van der Waals surface area contributed by atoms with E-state index in [4.69, 9.17) is 9.47 Å². The first-order chi connectivity index (χ1) is 19.0. The summed E-state index contributed by atoms with van der Waals surface area (Å²) >= 11 is 0. The van der Waals surface area contributed by atoms with E-state index in [2.05, 4.69) is 10.2 Å². The molecule has 0 bridgehead atoms. The summed E-state index contributed by atoms with van der Waals surface area (Å²) in [6, 6.07) is 7.77. The Morgan fingerprint density at radius 3 is 2.32 bits per heavy atom. The minimum Gasteiger partial charge on any atom is -0.444 e. The second-order valence-electron chi connectivity index (χ2n) is 13.1. The van der Waals surface area contributed by atoms with Crippen LogP contribution < -0.4 is 10.2 Å². The molecule has 222 valence electrons. The van der Waals surface area contributed by atoms with Crippen molar-refractivity contribution in [2.24, 2.45) is 0 Å². The highest BCUT2D eigenvalue weighted by molar-refractivity contribution is 5.86. The molecule has 3 heterocycles. The van der Waals surface area contributed by atoms with Gasteiger partial charge in [-0.1, -0.05) is 6.07 Å². The molecule has 3 aliphatic rings. The molecular formula is C31H38F3N3O4. The summed E-state index contributed by atoms with van der Waals surface area (Å²) in [5.74, 6) is -0.0227. The molecule has 3 aliphatic heterocycles. The van der Waals surface area contributed by atoms with Crippen LogP contribution in [0, 0.1) is 0 Å². The number of halogens is 3. The average molecular weight is 574 g/mol. The molecule has 0 saturated carbocycles. The molecule has 2 aromatic carbocycles. The van der Waals surface area contributed by atoms with E-state index in [1.54, 1.807) is 25.7 Å². The molecule has 2 atom stereocenters. The number of hydrogen-bond acceptors (Lipinski definition) is 5. The number of anilines is 2. The Morgan fingerprint density at radius 1 is 0.951 bits per heavy atom. The lowest BCUT2D eigenvalue weighted by Crippen LogP contribution is -2.49. The summed E-state index contributed by atoms with van der Waals surface area (Å²) < 4.78 is 54.0. The summed E-state index contributed by atoms with van der Waals surface area (Å²) in [6.07, 6.45) is -3.37. The molecule has 41 heavy (non-hydrogen) atoms. The van der Waals surface area contributed by atoms with Gasteiger partial charge in [0, 0.05) is 43.0 Å². The first-order valence-electron chi connectivity index (χ1n) is 14.1. The van der Waals surface area contributed by atoms with E-state index in [9.17, 15) is 22.8 Å². The second-order valence-corrected chi connectivity index (χ2v) is 13.1. The van der Waals surface area contributed by atoms with E-state index in [1.165, 1.54) is 12.1 Å². The number of rotatable bonds is 2. The van der Waals surface area contributed by atoms with Crippen molar-refractivity contribution in [3.8, 4) is 11.1 Å². The Balaban J connectivity index is 1.51. The number of carbonyl (C=O) groups excluding carboxylic acids is 2. The maximum atomic E-state index is 14.4. The van der Waals surface area contributed by atoms with Crippen molar-refractivity contribution in [1.82, 2.24) is 4.90 Å². The number of alkyl halides is 3. The molecule has 0 radical (unpaired) electrons. The monoisotopic (exact) mass is 573 g/mol. The van der Waals surface area contributed by atoms with Crippen LogP contribution in [0.4, 0.5) is 34.1 Å². The van der Waals surface area contributed by atoms with Crippen molar-refractivity contribution in [1.29, 1.82) is 0 Å². The van der Waals surface area contributed by atoms with Gasteiger partial charge < -0.3 is 19.3 Å². The van der Waals surface area contributed by atoms with E-state index in [-0.39, 0.29) is 29.3 Å². The Hall–Kier alpha value is -3.43. The van der Waals surface area contributed by atoms with Gasteiger partial charge >= 0.3 is 18.4 Å². The molecule has 7 nitrogen and oxygen atoms in total. The molecule has 10 heteroatoms. The molecule has 1 fully saturated rings. The molecule has 2 aromatic rings. The van der Waals surface area contributed by atoms with Gasteiger partial charge in [0.1, 0.15) is 11.2 Å². The summed E-state index contributed by atoms with van der Waals surface area (Å²) in [6.45, 7) is 12.5. The lowest BCUT2D eigenvalue weighted by molar-refractivity contribution is -0.137. The maximum absolute atomic E-state index is 14.4. The number of ether oxygens (including phenoxy) is 2. The molecule has 5 rings (SSSR count). The van der Waals surface area contributed by atoms with Crippen LogP contribution in [0.2, 0.25) is 0 Å². The van der Waals surface area contributed by atoms with Gasteiger partial charge in [0.25, 0.3) is 0 Å². The van der Waals surface area contributed by atoms with Gasteiger partial charge in [-0.2, -0.15) is 13.2 Å². The first-order valence-corrected chi connectivity index (χ1v) is 14.1. The number of nitrogens with one attached hydrogen (secondary N) is 1. The fourth-order valence-corrected chi connectivity index (χ4v) is 6.22. The zero-order valence-corrected chi connectivity index (χ0v) is 24.4. The molecule has 1 saturated heterocycles. The SMILES string of the molecule is CC(C)(C)OC(=O)Nc1ccc(-c2cc3c4c(c2)[C@@H]2CN(C(=O)OC(C)(C)C)CC[C@@H]2N4CCC3)c(C(F)(F)F)c1. The molecule has 2 amide bonds. The number of amides is 2. The van der Waals surface area contributed by atoms with Crippen LogP contribution in [0.15, 0.2) is 30.3 Å². The van der Waals surface area contributed by atoms with Gasteiger partial charge in [-0.3, -0.25) is 5.32 Å². The van der Waals surface area contributed by atoms with Crippen LogP contribution in [-0.2, 0) is 22.1 Å². The van der Waals surface area contributed by atoms with Gasteiger partial charge in [-0.05, 0) is 107 Å². The number of benzene rings is 2. The molecule has 0 spiro atoms. The molecule has 0 aliphatic carbocycles. The predicted octanol–water partition coefficient (Wildman–Crippen LogP) is 7.58. The minimum absolute atomic E-state index is 0.00403. The zero-order valence-electron chi connectivity index (χ0n) is 24.4. The quantitative estimate of drug-likeness (QED) is 0.401. The lowest BCUT2D eigenvalue weighted by Gasteiger charge is -2.40. The number of nitrogens with zero attached hydrogens (tertiary/aromatic N) is 2. The number of piperidine rings is 1. The van der Waals surface area contributed by atoms with Crippen molar-refractivity contribution in [2.75, 3.05) is 29.9 Å². The van der Waals surface area contributed by atoms with E-state index >= 15 is 0 Å². The first kappa shape index (κ1) is 29.1. The molecular weight excluding hydrogens is 535 g/mol. The Kier molecular flexibility index (Phi) is 7.19.